The van der Waals surface area contributed by atoms with Crippen LogP contribution in [0.5, 0.6) is 0 Å². The summed E-state index contributed by atoms with van der Waals surface area (Å²) in [4.78, 5) is 27.1. The summed E-state index contributed by atoms with van der Waals surface area (Å²) in [5.74, 6) is 0. The van der Waals surface area contributed by atoms with E-state index in [1.54, 1.807) is 48.5 Å². The van der Waals surface area contributed by atoms with Gasteiger partial charge in [-0.2, -0.15) is 0 Å². The van der Waals surface area contributed by atoms with Gasteiger partial charge >= 0.3 is 5.69 Å². The summed E-state index contributed by atoms with van der Waals surface area (Å²) in [7, 11) is 0. The van der Waals surface area contributed by atoms with Crippen LogP contribution >= 0.6 is 11.6 Å². The number of rotatable bonds is 3. The molecular weight excluding hydrogens is 304 g/mol. The van der Waals surface area contributed by atoms with Crippen molar-refractivity contribution in [2.75, 3.05) is 0 Å². The van der Waals surface area contributed by atoms with E-state index in [9.17, 15) is 14.7 Å². The third-order valence-electron chi connectivity index (χ3n) is 3.50. The number of para-hydroxylation sites is 1. The van der Waals surface area contributed by atoms with E-state index in [1.165, 1.54) is 0 Å². The quantitative estimate of drug-likeness (QED) is 0.777. The largest absolute Gasteiger partial charge is 0.387 e. The summed E-state index contributed by atoms with van der Waals surface area (Å²) in [5.41, 5.74) is 0.0997. The van der Waals surface area contributed by atoms with Gasteiger partial charge in [-0.1, -0.05) is 35.9 Å². The van der Waals surface area contributed by atoms with Gasteiger partial charge in [0.05, 0.1) is 23.6 Å². The van der Waals surface area contributed by atoms with Crippen molar-refractivity contribution in [3.63, 3.8) is 0 Å². The number of H-pyrrole nitrogens is 1. The summed E-state index contributed by atoms with van der Waals surface area (Å²) in [5, 5.41) is 11.2. The zero-order valence-electron chi connectivity index (χ0n) is 11.5. The second-order valence-electron chi connectivity index (χ2n) is 4.96. The molecule has 6 heteroatoms. The Kier molecular flexibility index (Phi) is 3.83. The number of nitrogens with zero attached hydrogens (tertiary/aromatic N) is 1. The Labute approximate surface area is 130 Å². The molecule has 0 aliphatic heterocycles. The van der Waals surface area contributed by atoms with Crippen LogP contribution in [0.4, 0.5) is 0 Å². The van der Waals surface area contributed by atoms with Crippen LogP contribution in [0.1, 0.15) is 11.7 Å². The number of aliphatic hydroxyl groups is 1. The third-order valence-corrected chi connectivity index (χ3v) is 3.75. The standard InChI is InChI=1S/C16H13ClN2O3/c17-11-7-5-10(6-8-11)14(20)9-19-15(21)12-3-1-2-4-13(12)18-16(19)22/h1-8,14,20H,9H2,(H,18,22)/t14-/m1/s1. The smallest absolute Gasteiger partial charge is 0.328 e. The van der Waals surface area contributed by atoms with Crippen LogP contribution in [-0.4, -0.2) is 14.7 Å². The van der Waals surface area contributed by atoms with Crippen molar-refractivity contribution in [3.8, 4) is 0 Å². The summed E-state index contributed by atoms with van der Waals surface area (Å²) in [6.07, 6.45) is -0.975. The third kappa shape index (κ3) is 2.68. The molecule has 0 fully saturated rings. The number of hydrogen-bond donors (Lipinski definition) is 2. The number of nitrogens with one attached hydrogen (secondary N) is 1. The molecule has 1 aromatic heterocycles. The van der Waals surface area contributed by atoms with Gasteiger partial charge < -0.3 is 10.1 Å². The van der Waals surface area contributed by atoms with Crippen LogP contribution in [0.15, 0.2) is 58.1 Å². The van der Waals surface area contributed by atoms with E-state index >= 15 is 0 Å². The fourth-order valence-electron chi connectivity index (χ4n) is 2.33. The van der Waals surface area contributed by atoms with E-state index in [0.717, 1.165) is 4.57 Å². The van der Waals surface area contributed by atoms with Gasteiger partial charge in [-0.25, -0.2) is 4.79 Å². The molecule has 0 spiro atoms. The van der Waals surface area contributed by atoms with Gasteiger partial charge in [0.15, 0.2) is 0 Å². The summed E-state index contributed by atoms with van der Waals surface area (Å²) in [6.45, 7) is -0.124. The number of hydrogen-bond acceptors (Lipinski definition) is 3. The molecule has 1 heterocycles. The average Bonchev–Trinajstić information content (AvgIpc) is 2.52. The minimum Gasteiger partial charge on any atom is -0.387 e. The van der Waals surface area contributed by atoms with Gasteiger partial charge in [-0.05, 0) is 29.8 Å². The fourth-order valence-corrected chi connectivity index (χ4v) is 2.45. The second kappa shape index (κ2) is 5.79. The summed E-state index contributed by atoms with van der Waals surface area (Å²) in [6, 6.07) is 13.4. The van der Waals surface area contributed by atoms with Crippen LogP contribution in [0, 0.1) is 0 Å². The summed E-state index contributed by atoms with van der Waals surface area (Å²) < 4.78 is 1.00. The van der Waals surface area contributed by atoms with Gasteiger partial charge in [0.25, 0.3) is 5.56 Å². The Morgan fingerprint density at radius 3 is 2.50 bits per heavy atom. The lowest BCUT2D eigenvalue weighted by molar-refractivity contribution is 0.153. The number of benzene rings is 2. The first-order valence-corrected chi connectivity index (χ1v) is 7.09. The first-order chi connectivity index (χ1) is 10.6. The first-order valence-electron chi connectivity index (χ1n) is 6.71. The maximum absolute atomic E-state index is 12.4. The predicted molar refractivity (Wildman–Crippen MR) is 85.2 cm³/mol. The molecule has 3 aromatic rings. The van der Waals surface area contributed by atoms with Crippen LogP contribution in [0.2, 0.25) is 5.02 Å². The van der Waals surface area contributed by atoms with Crippen LogP contribution < -0.4 is 11.2 Å². The molecule has 2 N–H and O–H groups in total. The maximum atomic E-state index is 12.4. The molecule has 112 valence electrons. The molecule has 3 rings (SSSR count). The molecule has 2 aromatic carbocycles. The minimum absolute atomic E-state index is 0.124. The van der Waals surface area contributed by atoms with Crippen molar-refractivity contribution in [3.05, 3.63) is 80.0 Å². The highest BCUT2D eigenvalue weighted by molar-refractivity contribution is 6.30. The lowest BCUT2D eigenvalue weighted by atomic mass is 10.1. The Morgan fingerprint density at radius 1 is 1.09 bits per heavy atom. The van der Waals surface area contributed by atoms with Crippen molar-refractivity contribution >= 4 is 22.5 Å². The van der Waals surface area contributed by atoms with Gasteiger partial charge in [-0.15, -0.1) is 0 Å². The van der Waals surface area contributed by atoms with Crippen molar-refractivity contribution in [1.82, 2.24) is 9.55 Å². The van der Waals surface area contributed by atoms with E-state index in [4.69, 9.17) is 11.6 Å². The van der Waals surface area contributed by atoms with Gasteiger partial charge in [0.2, 0.25) is 0 Å². The highest BCUT2D eigenvalue weighted by atomic mass is 35.5. The van der Waals surface area contributed by atoms with E-state index in [1.807, 2.05) is 0 Å². The van der Waals surface area contributed by atoms with Crippen molar-refractivity contribution < 1.29 is 5.11 Å². The molecule has 5 nitrogen and oxygen atoms in total. The minimum atomic E-state index is -0.975. The predicted octanol–water partition coefficient (Wildman–Crippen LogP) is 2.08. The molecule has 0 radical (unpaired) electrons. The lowest BCUT2D eigenvalue weighted by Gasteiger charge is -2.13. The number of aromatic amines is 1. The highest BCUT2D eigenvalue weighted by Crippen LogP contribution is 2.17. The Bertz CT molecular complexity index is 929. The molecule has 1 atom stereocenters. The molecular formula is C16H13ClN2O3. The van der Waals surface area contributed by atoms with Crippen LogP contribution in [0.25, 0.3) is 10.9 Å². The SMILES string of the molecule is O=c1[nH]c2ccccc2c(=O)n1C[C@@H](O)c1ccc(Cl)cc1. The molecule has 0 unspecified atom stereocenters. The monoisotopic (exact) mass is 316 g/mol. The number of fused-ring (bicyclic) bond motifs is 1. The van der Waals surface area contributed by atoms with Gasteiger partial charge in [-0.3, -0.25) is 9.36 Å². The molecule has 0 bridgehead atoms. The maximum Gasteiger partial charge on any atom is 0.328 e. The zero-order chi connectivity index (χ0) is 15.7. The average molecular weight is 317 g/mol. The van der Waals surface area contributed by atoms with E-state index in [0.29, 0.717) is 21.5 Å². The second-order valence-corrected chi connectivity index (χ2v) is 5.40. The topological polar surface area (TPSA) is 75.1 Å². The number of halogens is 1. The van der Waals surface area contributed by atoms with E-state index in [2.05, 4.69) is 4.98 Å². The molecule has 0 saturated heterocycles. The highest BCUT2D eigenvalue weighted by Gasteiger charge is 2.13. The van der Waals surface area contributed by atoms with Crippen molar-refractivity contribution in [1.29, 1.82) is 0 Å². The molecule has 0 saturated carbocycles. The first kappa shape index (κ1) is 14.6. The molecule has 0 aliphatic rings. The normalized spacial score (nSPS) is 12.5. The fraction of sp³-hybridized carbons (Fsp3) is 0.125. The number of aromatic nitrogens is 2. The van der Waals surface area contributed by atoms with Crippen LogP contribution in [0.3, 0.4) is 0 Å². The molecule has 0 amide bonds. The zero-order valence-corrected chi connectivity index (χ0v) is 12.2. The van der Waals surface area contributed by atoms with E-state index < -0.39 is 17.4 Å². The Morgan fingerprint density at radius 2 is 1.77 bits per heavy atom. The van der Waals surface area contributed by atoms with Crippen molar-refractivity contribution in [2.45, 2.75) is 12.6 Å². The lowest BCUT2D eigenvalue weighted by Crippen LogP contribution is -2.36. The Hall–Kier alpha value is -2.37. The summed E-state index contributed by atoms with van der Waals surface area (Å²) >= 11 is 5.80. The number of aliphatic hydroxyl groups excluding tert-OH is 1. The molecule has 0 aliphatic carbocycles. The van der Waals surface area contributed by atoms with Gasteiger partial charge in [0, 0.05) is 5.02 Å². The molecule has 22 heavy (non-hydrogen) atoms. The Balaban J connectivity index is 2.02. The van der Waals surface area contributed by atoms with E-state index in [-0.39, 0.29) is 6.54 Å². The van der Waals surface area contributed by atoms with Crippen LogP contribution in [-0.2, 0) is 6.54 Å². The van der Waals surface area contributed by atoms with Gasteiger partial charge in [0.1, 0.15) is 0 Å². The van der Waals surface area contributed by atoms with Crippen molar-refractivity contribution in [2.24, 2.45) is 0 Å².